The summed E-state index contributed by atoms with van der Waals surface area (Å²) in [5.41, 5.74) is 7.79. The van der Waals surface area contributed by atoms with Gasteiger partial charge in [0.1, 0.15) is 0 Å². The van der Waals surface area contributed by atoms with Crippen molar-refractivity contribution in [2.75, 3.05) is 5.32 Å². The molecule has 0 saturated carbocycles. The number of hydrogen-bond donors (Lipinski definition) is 2. The minimum Gasteiger partial charge on any atom is -0.382 e. The van der Waals surface area contributed by atoms with E-state index in [-0.39, 0.29) is 5.91 Å². The molecule has 17 heavy (non-hydrogen) atoms. The Hall–Kier alpha value is -1.51. The Balaban J connectivity index is 2.86. The van der Waals surface area contributed by atoms with Crippen LogP contribution in [0, 0.1) is 12.8 Å². The van der Waals surface area contributed by atoms with Crippen molar-refractivity contribution in [3.8, 4) is 0 Å². The van der Waals surface area contributed by atoms with Gasteiger partial charge in [-0.15, -0.1) is 0 Å². The van der Waals surface area contributed by atoms with Crippen molar-refractivity contribution in [1.82, 2.24) is 0 Å². The average Bonchev–Trinajstić information content (AvgIpc) is 2.30. The molecule has 0 aromatic heterocycles. The molecule has 0 radical (unpaired) electrons. The SMILES string of the molecule is CCC(C)C(C)Nc1ccc(C)c(C(N)=O)c1. The summed E-state index contributed by atoms with van der Waals surface area (Å²) < 4.78 is 0. The van der Waals surface area contributed by atoms with Gasteiger partial charge in [0.25, 0.3) is 0 Å². The van der Waals surface area contributed by atoms with Crippen molar-refractivity contribution >= 4 is 11.6 Å². The average molecular weight is 234 g/mol. The highest BCUT2D eigenvalue weighted by molar-refractivity contribution is 5.95. The molecule has 0 saturated heterocycles. The topological polar surface area (TPSA) is 55.1 Å². The van der Waals surface area contributed by atoms with Gasteiger partial charge in [0, 0.05) is 17.3 Å². The number of nitrogens with two attached hydrogens (primary N) is 1. The van der Waals surface area contributed by atoms with Gasteiger partial charge in [0.2, 0.25) is 5.91 Å². The molecule has 0 aliphatic rings. The lowest BCUT2D eigenvalue weighted by molar-refractivity contribution is 0.1000. The first-order chi connectivity index (χ1) is 7.95. The molecule has 0 spiro atoms. The summed E-state index contributed by atoms with van der Waals surface area (Å²) >= 11 is 0. The number of hydrogen-bond acceptors (Lipinski definition) is 2. The first kappa shape index (κ1) is 13.6. The highest BCUT2D eigenvalue weighted by Crippen LogP contribution is 2.18. The molecular weight excluding hydrogens is 212 g/mol. The van der Waals surface area contributed by atoms with E-state index in [0.717, 1.165) is 17.7 Å². The lowest BCUT2D eigenvalue weighted by atomic mass is 10.00. The third kappa shape index (κ3) is 3.48. The van der Waals surface area contributed by atoms with Gasteiger partial charge >= 0.3 is 0 Å². The molecule has 2 unspecified atom stereocenters. The molecule has 1 amide bonds. The molecule has 3 nitrogen and oxygen atoms in total. The van der Waals surface area contributed by atoms with Crippen molar-refractivity contribution in [2.24, 2.45) is 11.7 Å². The van der Waals surface area contributed by atoms with Crippen LogP contribution in [0.1, 0.15) is 43.1 Å². The van der Waals surface area contributed by atoms with Crippen LogP contribution in [0.15, 0.2) is 18.2 Å². The lowest BCUT2D eigenvalue weighted by Gasteiger charge is -2.21. The highest BCUT2D eigenvalue weighted by Gasteiger charge is 2.11. The van der Waals surface area contributed by atoms with Gasteiger partial charge in [-0.25, -0.2) is 0 Å². The maximum atomic E-state index is 11.2. The van der Waals surface area contributed by atoms with E-state index in [4.69, 9.17) is 5.73 Å². The number of carbonyl (C=O) groups excluding carboxylic acids is 1. The molecule has 0 bridgehead atoms. The Morgan fingerprint density at radius 2 is 2.06 bits per heavy atom. The van der Waals surface area contributed by atoms with Crippen LogP contribution in [0.2, 0.25) is 0 Å². The third-order valence-corrected chi connectivity index (χ3v) is 3.39. The molecule has 3 heteroatoms. The first-order valence-electron chi connectivity index (χ1n) is 6.12. The van der Waals surface area contributed by atoms with Crippen LogP contribution in [0.25, 0.3) is 0 Å². The Bertz CT molecular complexity index is 401. The van der Waals surface area contributed by atoms with Crippen LogP contribution < -0.4 is 11.1 Å². The molecular formula is C14H22N2O. The minimum atomic E-state index is -0.373. The molecule has 0 fully saturated rings. The van der Waals surface area contributed by atoms with Gasteiger partial charge in [-0.3, -0.25) is 4.79 Å². The normalized spacial score (nSPS) is 14.1. The van der Waals surface area contributed by atoms with Crippen LogP contribution in [-0.2, 0) is 0 Å². The smallest absolute Gasteiger partial charge is 0.249 e. The van der Waals surface area contributed by atoms with Crippen molar-refractivity contribution in [3.63, 3.8) is 0 Å². The lowest BCUT2D eigenvalue weighted by Crippen LogP contribution is -2.23. The molecule has 94 valence electrons. The predicted molar refractivity (Wildman–Crippen MR) is 72.2 cm³/mol. The van der Waals surface area contributed by atoms with Crippen molar-refractivity contribution in [2.45, 2.75) is 40.2 Å². The minimum absolute atomic E-state index is 0.373. The van der Waals surface area contributed by atoms with Gasteiger partial charge in [-0.1, -0.05) is 26.3 Å². The van der Waals surface area contributed by atoms with Crippen LogP contribution in [0.5, 0.6) is 0 Å². The fourth-order valence-electron chi connectivity index (χ4n) is 1.74. The van der Waals surface area contributed by atoms with Gasteiger partial charge in [-0.2, -0.15) is 0 Å². The highest BCUT2D eigenvalue weighted by atomic mass is 16.1. The number of nitrogens with one attached hydrogen (secondary N) is 1. The maximum Gasteiger partial charge on any atom is 0.249 e. The van der Waals surface area contributed by atoms with Crippen molar-refractivity contribution in [1.29, 1.82) is 0 Å². The van der Waals surface area contributed by atoms with E-state index in [9.17, 15) is 4.79 Å². The van der Waals surface area contributed by atoms with Crippen molar-refractivity contribution in [3.05, 3.63) is 29.3 Å². The van der Waals surface area contributed by atoms with Gasteiger partial charge in [0.15, 0.2) is 0 Å². The summed E-state index contributed by atoms with van der Waals surface area (Å²) in [6.45, 7) is 8.42. The van der Waals surface area contributed by atoms with Gasteiger partial charge in [-0.05, 0) is 37.5 Å². The quantitative estimate of drug-likeness (QED) is 0.823. The number of carbonyl (C=O) groups is 1. The summed E-state index contributed by atoms with van der Waals surface area (Å²) in [5, 5.41) is 3.41. The Kier molecular flexibility index (Phi) is 4.55. The Labute approximate surface area is 103 Å². The molecule has 0 aliphatic heterocycles. The number of amides is 1. The van der Waals surface area contributed by atoms with Crippen LogP contribution >= 0.6 is 0 Å². The summed E-state index contributed by atoms with van der Waals surface area (Å²) in [6, 6.07) is 6.12. The maximum absolute atomic E-state index is 11.2. The zero-order valence-corrected chi connectivity index (χ0v) is 11.1. The molecule has 2 atom stereocenters. The van der Waals surface area contributed by atoms with E-state index in [2.05, 4.69) is 26.1 Å². The summed E-state index contributed by atoms with van der Waals surface area (Å²) in [7, 11) is 0. The zero-order valence-electron chi connectivity index (χ0n) is 11.1. The molecule has 3 N–H and O–H groups in total. The number of benzene rings is 1. The van der Waals surface area contributed by atoms with E-state index in [1.807, 2.05) is 25.1 Å². The number of anilines is 1. The van der Waals surface area contributed by atoms with Crippen molar-refractivity contribution < 1.29 is 4.79 Å². The van der Waals surface area contributed by atoms with Crippen LogP contribution in [0.3, 0.4) is 0 Å². The van der Waals surface area contributed by atoms with Gasteiger partial charge in [0.05, 0.1) is 0 Å². The molecule has 1 aromatic rings. The van der Waals surface area contributed by atoms with E-state index >= 15 is 0 Å². The fourth-order valence-corrected chi connectivity index (χ4v) is 1.74. The number of primary amides is 1. The largest absolute Gasteiger partial charge is 0.382 e. The standard InChI is InChI=1S/C14H22N2O/c1-5-9(2)11(4)16-12-7-6-10(3)13(8-12)14(15)17/h6-9,11,16H,5H2,1-4H3,(H2,15,17). The third-order valence-electron chi connectivity index (χ3n) is 3.39. The van der Waals surface area contributed by atoms with Crippen LogP contribution in [-0.4, -0.2) is 11.9 Å². The summed E-state index contributed by atoms with van der Waals surface area (Å²) in [5.74, 6) is 0.218. The van der Waals surface area contributed by atoms with E-state index in [1.54, 1.807) is 0 Å². The van der Waals surface area contributed by atoms with E-state index < -0.39 is 0 Å². The van der Waals surface area contributed by atoms with Gasteiger partial charge < -0.3 is 11.1 Å². The number of aryl methyl sites for hydroxylation is 1. The molecule has 1 aromatic carbocycles. The van der Waals surface area contributed by atoms with E-state index in [1.165, 1.54) is 0 Å². The second kappa shape index (κ2) is 5.71. The predicted octanol–water partition coefficient (Wildman–Crippen LogP) is 2.94. The van der Waals surface area contributed by atoms with E-state index in [0.29, 0.717) is 17.5 Å². The van der Waals surface area contributed by atoms with Crippen LogP contribution in [0.4, 0.5) is 5.69 Å². The Morgan fingerprint density at radius 1 is 1.41 bits per heavy atom. The molecule has 1 rings (SSSR count). The zero-order chi connectivity index (χ0) is 13.0. The summed E-state index contributed by atoms with van der Waals surface area (Å²) in [4.78, 5) is 11.2. The first-order valence-corrected chi connectivity index (χ1v) is 6.12. The summed E-state index contributed by atoms with van der Waals surface area (Å²) in [6.07, 6.45) is 1.13. The second-order valence-corrected chi connectivity index (χ2v) is 4.71. The fraction of sp³-hybridized carbons (Fsp3) is 0.500. The second-order valence-electron chi connectivity index (χ2n) is 4.71. The molecule has 0 heterocycles. The number of rotatable bonds is 5. The monoisotopic (exact) mass is 234 g/mol. The molecule has 0 aliphatic carbocycles. The Morgan fingerprint density at radius 3 is 2.59 bits per heavy atom.